The van der Waals surface area contributed by atoms with Crippen molar-refractivity contribution in [3.05, 3.63) is 95.3 Å². The van der Waals surface area contributed by atoms with Crippen LogP contribution in [0.15, 0.2) is 79.1 Å². The molecule has 0 atom stereocenters. The minimum atomic E-state index is -3.58. The molecule has 0 fully saturated rings. The predicted molar refractivity (Wildman–Crippen MR) is 101 cm³/mol. The van der Waals surface area contributed by atoms with Gasteiger partial charge in [0.25, 0.3) is 0 Å². The summed E-state index contributed by atoms with van der Waals surface area (Å²) < 4.78 is 27.5. The first-order chi connectivity index (χ1) is 12.0. The van der Waals surface area contributed by atoms with E-state index in [9.17, 15) is 8.42 Å². The van der Waals surface area contributed by atoms with Crippen molar-refractivity contribution in [1.29, 1.82) is 0 Å². The smallest absolute Gasteiger partial charge is 0.239 e. The van der Waals surface area contributed by atoms with Crippen LogP contribution in [-0.2, 0) is 22.3 Å². The van der Waals surface area contributed by atoms with Crippen LogP contribution >= 0.6 is 11.6 Å². The second-order valence-electron chi connectivity index (χ2n) is 5.59. The highest BCUT2D eigenvalue weighted by molar-refractivity contribution is 7.92. The molecular weight excluding hydrogens is 356 g/mol. The Labute approximate surface area is 152 Å². The monoisotopic (exact) mass is 372 g/mol. The van der Waals surface area contributed by atoms with E-state index in [2.05, 4.69) is 4.98 Å². The van der Waals surface area contributed by atoms with Gasteiger partial charge < -0.3 is 0 Å². The fraction of sp³-hybridized carbons (Fsp3) is 0.105. The van der Waals surface area contributed by atoms with Crippen LogP contribution in [0.1, 0.15) is 11.1 Å². The van der Waals surface area contributed by atoms with Crippen molar-refractivity contribution in [1.82, 2.24) is 4.98 Å². The average Bonchev–Trinajstić information content (AvgIpc) is 2.63. The third-order valence-electron chi connectivity index (χ3n) is 3.69. The van der Waals surface area contributed by atoms with E-state index < -0.39 is 10.0 Å². The van der Waals surface area contributed by atoms with Gasteiger partial charge in [-0.05, 0) is 41.5 Å². The molecule has 3 aromatic rings. The quantitative estimate of drug-likeness (QED) is 0.649. The highest BCUT2D eigenvalue weighted by Gasteiger charge is 2.23. The number of aromatic nitrogens is 1. The molecule has 4 nitrogen and oxygen atoms in total. The molecule has 0 aliphatic rings. The van der Waals surface area contributed by atoms with Gasteiger partial charge in [0.05, 0.1) is 18.0 Å². The molecule has 0 unspecified atom stereocenters. The molecule has 0 spiro atoms. The predicted octanol–water partition coefficient (Wildman–Crippen LogP) is 4.27. The number of para-hydroxylation sites is 1. The molecule has 0 N–H and O–H groups in total. The molecule has 0 radical (unpaired) electrons. The maximum atomic E-state index is 13.1. The number of benzene rings is 2. The van der Waals surface area contributed by atoms with Gasteiger partial charge >= 0.3 is 0 Å². The first kappa shape index (κ1) is 17.5. The summed E-state index contributed by atoms with van der Waals surface area (Å²) >= 11 is 5.88. The van der Waals surface area contributed by atoms with Crippen LogP contribution in [-0.4, -0.2) is 13.4 Å². The van der Waals surface area contributed by atoms with Crippen LogP contribution in [0.3, 0.4) is 0 Å². The molecular formula is C19H17ClN2O2S. The molecule has 0 aliphatic carbocycles. The summed E-state index contributed by atoms with van der Waals surface area (Å²) in [5.41, 5.74) is 2.14. The number of rotatable bonds is 6. The van der Waals surface area contributed by atoms with E-state index in [4.69, 9.17) is 11.6 Å². The van der Waals surface area contributed by atoms with Crippen molar-refractivity contribution in [2.24, 2.45) is 0 Å². The van der Waals surface area contributed by atoms with Gasteiger partial charge in [-0.2, -0.15) is 0 Å². The Morgan fingerprint density at radius 2 is 1.60 bits per heavy atom. The number of sulfonamides is 1. The SMILES string of the molecule is O=S(=O)(Cc1ccc(Cl)cc1)N(Cc1cccnc1)c1ccccc1. The number of nitrogens with zero attached hydrogens (tertiary/aromatic N) is 2. The van der Waals surface area contributed by atoms with Gasteiger partial charge in [-0.3, -0.25) is 9.29 Å². The van der Waals surface area contributed by atoms with Crippen LogP contribution in [0.4, 0.5) is 5.69 Å². The van der Waals surface area contributed by atoms with Gasteiger partial charge in [-0.25, -0.2) is 8.42 Å². The summed E-state index contributed by atoms with van der Waals surface area (Å²) in [5.74, 6) is -0.0979. The minimum absolute atomic E-state index is 0.0979. The first-order valence-electron chi connectivity index (χ1n) is 7.73. The highest BCUT2D eigenvalue weighted by Crippen LogP contribution is 2.23. The van der Waals surface area contributed by atoms with Gasteiger partial charge in [-0.15, -0.1) is 0 Å². The Morgan fingerprint density at radius 1 is 0.880 bits per heavy atom. The zero-order chi connectivity index (χ0) is 17.7. The summed E-state index contributed by atoms with van der Waals surface area (Å²) in [7, 11) is -3.58. The van der Waals surface area contributed by atoms with Crippen LogP contribution in [0, 0.1) is 0 Å². The van der Waals surface area contributed by atoms with Gasteiger partial charge in [0, 0.05) is 17.4 Å². The van der Waals surface area contributed by atoms with E-state index in [0.717, 1.165) is 5.56 Å². The zero-order valence-corrected chi connectivity index (χ0v) is 15.0. The molecule has 2 aromatic carbocycles. The molecule has 1 aromatic heterocycles. The van der Waals surface area contributed by atoms with Crippen molar-refractivity contribution >= 4 is 27.3 Å². The third kappa shape index (κ3) is 4.59. The lowest BCUT2D eigenvalue weighted by Gasteiger charge is -2.24. The molecule has 1 heterocycles. The number of anilines is 1. The molecule has 25 heavy (non-hydrogen) atoms. The topological polar surface area (TPSA) is 50.3 Å². The Morgan fingerprint density at radius 3 is 2.24 bits per heavy atom. The molecule has 6 heteroatoms. The summed E-state index contributed by atoms with van der Waals surface area (Å²) in [6.45, 7) is 0.230. The zero-order valence-electron chi connectivity index (χ0n) is 13.4. The van der Waals surface area contributed by atoms with Gasteiger partial charge in [0.15, 0.2) is 0 Å². The lowest BCUT2D eigenvalue weighted by molar-refractivity contribution is 0.589. The molecule has 0 saturated carbocycles. The summed E-state index contributed by atoms with van der Waals surface area (Å²) in [6, 6.07) is 19.6. The molecule has 0 aliphatic heterocycles. The second-order valence-corrected chi connectivity index (χ2v) is 7.92. The van der Waals surface area contributed by atoms with Crippen LogP contribution in [0.2, 0.25) is 5.02 Å². The maximum Gasteiger partial charge on any atom is 0.239 e. The normalized spacial score (nSPS) is 11.2. The van der Waals surface area contributed by atoms with Crippen molar-refractivity contribution in [2.45, 2.75) is 12.3 Å². The Hall–Kier alpha value is -2.37. The van der Waals surface area contributed by atoms with Gasteiger partial charge in [0.1, 0.15) is 0 Å². The Balaban J connectivity index is 1.93. The first-order valence-corrected chi connectivity index (χ1v) is 9.72. The number of pyridine rings is 1. The van der Waals surface area contributed by atoms with E-state index in [-0.39, 0.29) is 12.3 Å². The molecule has 128 valence electrons. The van der Waals surface area contributed by atoms with Gasteiger partial charge in [-0.1, -0.05) is 48.0 Å². The minimum Gasteiger partial charge on any atom is -0.265 e. The van der Waals surface area contributed by atoms with E-state index in [1.54, 1.807) is 54.9 Å². The second kappa shape index (κ2) is 7.68. The molecule has 0 bridgehead atoms. The van der Waals surface area contributed by atoms with E-state index in [1.807, 2.05) is 24.3 Å². The van der Waals surface area contributed by atoms with Crippen LogP contribution in [0.5, 0.6) is 0 Å². The van der Waals surface area contributed by atoms with E-state index >= 15 is 0 Å². The summed E-state index contributed by atoms with van der Waals surface area (Å²) in [4.78, 5) is 4.07. The van der Waals surface area contributed by atoms with Crippen molar-refractivity contribution < 1.29 is 8.42 Å². The standard InChI is InChI=1S/C19H17ClN2O2S/c20-18-10-8-16(9-11-18)15-25(23,24)22(19-6-2-1-3-7-19)14-17-5-4-12-21-13-17/h1-13H,14-15H2. The molecule has 0 saturated heterocycles. The Kier molecular flexibility index (Phi) is 5.36. The van der Waals surface area contributed by atoms with Crippen LogP contribution in [0.25, 0.3) is 0 Å². The largest absolute Gasteiger partial charge is 0.265 e. The lowest BCUT2D eigenvalue weighted by atomic mass is 10.2. The average molecular weight is 373 g/mol. The van der Waals surface area contributed by atoms with E-state index in [1.165, 1.54) is 4.31 Å². The summed E-state index contributed by atoms with van der Waals surface area (Å²) in [5, 5.41) is 0.580. The molecule has 3 rings (SSSR count). The van der Waals surface area contributed by atoms with Crippen molar-refractivity contribution in [3.63, 3.8) is 0 Å². The fourth-order valence-electron chi connectivity index (χ4n) is 2.47. The van der Waals surface area contributed by atoms with Crippen LogP contribution < -0.4 is 4.31 Å². The van der Waals surface area contributed by atoms with Crippen molar-refractivity contribution in [2.75, 3.05) is 4.31 Å². The van der Waals surface area contributed by atoms with Gasteiger partial charge in [0.2, 0.25) is 10.0 Å². The van der Waals surface area contributed by atoms with Crippen molar-refractivity contribution in [3.8, 4) is 0 Å². The number of hydrogen-bond acceptors (Lipinski definition) is 3. The molecule has 0 amide bonds. The Bertz CT molecular complexity index is 915. The van der Waals surface area contributed by atoms with E-state index in [0.29, 0.717) is 16.3 Å². The number of halogens is 1. The highest BCUT2D eigenvalue weighted by atomic mass is 35.5. The third-order valence-corrected chi connectivity index (χ3v) is 5.65. The lowest BCUT2D eigenvalue weighted by Crippen LogP contribution is -2.31. The summed E-state index contributed by atoms with van der Waals surface area (Å²) in [6.07, 6.45) is 3.34. The fourth-order valence-corrected chi connectivity index (χ4v) is 4.16. The maximum absolute atomic E-state index is 13.1. The number of hydrogen-bond donors (Lipinski definition) is 0.